The molecule has 3 rings (SSSR count). The molecule has 112 valence electrons. The van der Waals surface area contributed by atoms with Crippen LogP contribution >= 0.6 is 23.7 Å². The highest BCUT2D eigenvalue weighted by atomic mass is 35.5. The van der Waals surface area contributed by atoms with Crippen molar-refractivity contribution in [3.05, 3.63) is 22.4 Å². The van der Waals surface area contributed by atoms with E-state index in [2.05, 4.69) is 27.0 Å². The Kier molecular flexibility index (Phi) is 5.10. The van der Waals surface area contributed by atoms with Gasteiger partial charge in [0.1, 0.15) is 0 Å². The first-order valence-corrected chi connectivity index (χ1v) is 8.21. The van der Waals surface area contributed by atoms with Gasteiger partial charge in [0.2, 0.25) is 5.91 Å². The van der Waals surface area contributed by atoms with Crippen molar-refractivity contribution in [3.63, 3.8) is 0 Å². The number of halogens is 1. The van der Waals surface area contributed by atoms with Crippen LogP contribution in [0, 0.1) is 5.41 Å². The fourth-order valence-electron chi connectivity index (χ4n) is 3.38. The molecule has 1 aromatic heterocycles. The van der Waals surface area contributed by atoms with Crippen molar-refractivity contribution in [2.45, 2.75) is 45.2 Å². The van der Waals surface area contributed by atoms with Crippen LogP contribution in [-0.2, 0) is 11.3 Å². The van der Waals surface area contributed by atoms with E-state index in [1.807, 2.05) is 6.92 Å². The molecule has 20 heavy (non-hydrogen) atoms. The predicted molar refractivity (Wildman–Crippen MR) is 85.3 cm³/mol. The normalized spacial score (nSPS) is 23.1. The number of rotatable bonds is 4. The van der Waals surface area contributed by atoms with E-state index in [1.54, 1.807) is 11.3 Å². The quantitative estimate of drug-likeness (QED) is 0.926. The molecule has 1 unspecified atom stereocenters. The molecule has 5 heteroatoms. The standard InChI is InChI=1S/C15H22N2OS.ClH/c1-2-14(18)17(10-12-3-8-19-11-12)13-9-15(13)4-6-16-7-5-15;/h3,8,11,13,16H,2,4-7,9-10H2,1H3;1H. The molecule has 3 nitrogen and oxygen atoms in total. The van der Waals surface area contributed by atoms with E-state index < -0.39 is 0 Å². The van der Waals surface area contributed by atoms with Gasteiger partial charge < -0.3 is 10.2 Å². The molecule has 0 bridgehead atoms. The van der Waals surface area contributed by atoms with Crippen LogP contribution in [0.25, 0.3) is 0 Å². The Morgan fingerprint density at radius 3 is 2.85 bits per heavy atom. The SMILES string of the molecule is CCC(=O)N(Cc1ccsc1)C1CC12CCNCC2.Cl. The summed E-state index contributed by atoms with van der Waals surface area (Å²) in [5.74, 6) is 0.312. The monoisotopic (exact) mass is 314 g/mol. The highest BCUT2D eigenvalue weighted by Crippen LogP contribution is 2.56. The van der Waals surface area contributed by atoms with Crippen molar-refractivity contribution in [2.75, 3.05) is 13.1 Å². The van der Waals surface area contributed by atoms with Crippen LogP contribution in [0.5, 0.6) is 0 Å². The molecular weight excluding hydrogens is 292 g/mol. The Balaban J connectivity index is 0.00000147. The average molecular weight is 315 g/mol. The second-order valence-corrected chi connectivity index (χ2v) is 6.62. The number of carbonyl (C=O) groups is 1. The summed E-state index contributed by atoms with van der Waals surface area (Å²) in [7, 11) is 0. The van der Waals surface area contributed by atoms with E-state index in [-0.39, 0.29) is 12.4 Å². The molecule has 2 heterocycles. The minimum Gasteiger partial charge on any atom is -0.335 e. The van der Waals surface area contributed by atoms with Gasteiger partial charge in [0.05, 0.1) is 0 Å². The number of hydrogen-bond donors (Lipinski definition) is 1. The Labute approximate surface area is 131 Å². The van der Waals surface area contributed by atoms with E-state index >= 15 is 0 Å². The fraction of sp³-hybridized carbons (Fsp3) is 0.667. The molecule has 1 N–H and O–H groups in total. The molecule has 1 spiro atoms. The summed E-state index contributed by atoms with van der Waals surface area (Å²) < 4.78 is 0. The van der Waals surface area contributed by atoms with Gasteiger partial charge in [-0.3, -0.25) is 4.79 Å². The van der Waals surface area contributed by atoms with Crippen molar-refractivity contribution in [2.24, 2.45) is 5.41 Å². The molecule has 0 aromatic carbocycles. The number of amides is 1. The van der Waals surface area contributed by atoms with Gasteiger partial charge in [-0.15, -0.1) is 12.4 Å². The van der Waals surface area contributed by atoms with E-state index in [4.69, 9.17) is 0 Å². The number of nitrogens with one attached hydrogen (secondary N) is 1. The van der Waals surface area contributed by atoms with E-state index in [1.165, 1.54) is 24.8 Å². The number of nitrogens with zero attached hydrogens (tertiary/aromatic N) is 1. The largest absolute Gasteiger partial charge is 0.335 e. The number of thiophene rings is 1. The first kappa shape index (κ1) is 15.8. The average Bonchev–Trinajstić information content (AvgIpc) is 2.90. The lowest BCUT2D eigenvalue weighted by Gasteiger charge is -2.29. The zero-order valence-electron chi connectivity index (χ0n) is 11.9. The van der Waals surface area contributed by atoms with E-state index in [0.29, 0.717) is 23.8 Å². The third-order valence-electron chi connectivity index (χ3n) is 4.68. The molecule has 1 saturated heterocycles. The van der Waals surface area contributed by atoms with Gasteiger partial charge in [-0.1, -0.05) is 6.92 Å². The van der Waals surface area contributed by atoms with E-state index in [0.717, 1.165) is 19.6 Å². The van der Waals surface area contributed by atoms with Crippen molar-refractivity contribution in [3.8, 4) is 0 Å². The maximum Gasteiger partial charge on any atom is 0.222 e. The minimum atomic E-state index is 0. The summed E-state index contributed by atoms with van der Waals surface area (Å²) in [6.45, 7) is 5.00. The summed E-state index contributed by atoms with van der Waals surface area (Å²) in [6, 6.07) is 2.62. The molecule has 2 fully saturated rings. The van der Waals surface area contributed by atoms with Crippen LogP contribution in [-0.4, -0.2) is 29.9 Å². The molecule has 0 radical (unpaired) electrons. The topological polar surface area (TPSA) is 32.3 Å². The van der Waals surface area contributed by atoms with Gasteiger partial charge in [-0.05, 0) is 60.2 Å². The van der Waals surface area contributed by atoms with Gasteiger partial charge in [-0.2, -0.15) is 11.3 Å². The van der Waals surface area contributed by atoms with Crippen molar-refractivity contribution < 1.29 is 4.79 Å². The van der Waals surface area contributed by atoms with Crippen LogP contribution in [0.4, 0.5) is 0 Å². The Hall–Kier alpha value is -0.580. The summed E-state index contributed by atoms with van der Waals surface area (Å²) in [5.41, 5.74) is 1.72. The summed E-state index contributed by atoms with van der Waals surface area (Å²) in [6.07, 6.45) is 4.29. The van der Waals surface area contributed by atoms with Gasteiger partial charge in [0, 0.05) is 19.0 Å². The molecule has 1 aromatic rings. The van der Waals surface area contributed by atoms with Crippen molar-refractivity contribution in [1.29, 1.82) is 0 Å². The molecule has 1 aliphatic carbocycles. The fourth-order valence-corrected chi connectivity index (χ4v) is 4.04. The maximum atomic E-state index is 12.3. The summed E-state index contributed by atoms with van der Waals surface area (Å²) in [5, 5.41) is 7.68. The molecule has 1 aliphatic heterocycles. The second kappa shape index (κ2) is 6.46. The third-order valence-corrected chi connectivity index (χ3v) is 5.41. The smallest absolute Gasteiger partial charge is 0.222 e. The lowest BCUT2D eigenvalue weighted by Crippen LogP contribution is -2.38. The Bertz CT molecular complexity index is 443. The van der Waals surface area contributed by atoms with Crippen molar-refractivity contribution >= 4 is 29.7 Å². The highest BCUT2D eigenvalue weighted by Gasteiger charge is 2.57. The van der Waals surface area contributed by atoms with Crippen molar-refractivity contribution in [1.82, 2.24) is 10.2 Å². The zero-order chi connectivity index (χ0) is 13.3. The van der Waals surface area contributed by atoms with Crippen LogP contribution in [0.15, 0.2) is 16.8 Å². The Morgan fingerprint density at radius 1 is 1.50 bits per heavy atom. The maximum absolute atomic E-state index is 12.3. The lowest BCUT2D eigenvalue weighted by atomic mass is 9.93. The van der Waals surface area contributed by atoms with Gasteiger partial charge in [0.15, 0.2) is 0 Å². The third kappa shape index (κ3) is 3.02. The Morgan fingerprint density at radius 2 is 2.25 bits per heavy atom. The number of carbonyl (C=O) groups excluding carboxylic acids is 1. The molecule has 1 amide bonds. The molecule has 1 atom stereocenters. The first-order chi connectivity index (χ1) is 9.25. The van der Waals surface area contributed by atoms with Gasteiger partial charge in [-0.25, -0.2) is 0 Å². The van der Waals surface area contributed by atoms with Crippen LogP contribution in [0.2, 0.25) is 0 Å². The minimum absolute atomic E-state index is 0. The summed E-state index contributed by atoms with van der Waals surface area (Å²) in [4.78, 5) is 14.4. The van der Waals surface area contributed by atoms with Gasteiger partial charge >= 0.3 is 0 Å². The second-order valence-electron chi connectivity index (χ2n) is 5.84. The van der Waals surface area contributed by atoms with Crippen LogP contribution in [0.1, 0.15) is 38.2 Å². The number of hydrogen-bond acceptors (Lipinski definition) is 3. The molecular formula is C15H23ClN2OS. The molecule has 1 saturated carbocycles. The summed E-state index contributed by atoms with van der Waals surface area (Å²) >= 11 is 1.71. The van der Waals surface area contributed by atoms with Crippen LogP contribution in [0.3, 0.4) is 0 Å². The van der Waals surface area contributed by atoms with Crippen LogP contribution < -0.4 is 5.32 Å². The molecule has 2 aliphatic rings. The highest BCUT2D eigenvalue weighted by molar-refractivity contribution is 7.07. The predicted octanol–water partition coefficient (Wildman–Crippen LogP) is 3.05. The van der Waals surface area contributed by atoms with Gasteiger partial charge in [0.25, 0.3) is 0 Å². The zero-order valence-corrected chi connectivity index (χ0v) is 13.6. The van der Waals surface area contributed by atoms with E-state index in [9.17, 15) is 4.79 Å². The number of piperidine rings is 1. The lowest BCUT2D eigenvalue weighted by molar-refractivity contribution is -0.132. The first-order valence-electron chi connectivity index (χ1n) is 7.26.